The third-order valence-electron chi connectivity index (χ3n) is 3.42. The number of nitrogens with zero attached hydrogens (tertiary/aromatic N) is 2. The second-order valence-corrected chi connectivity index (χ2v) is 7.31. The van der Waals surface area contributed by atoms with E-state index in [1.54, 1.807) is 42.3 Å². The number of amidine groups is 1. The van der Waals surface area contributed by atoms with Crippen molar-refractivity contribution in [2.24, 2.45) is 4.40 Å². The van der Waals surface area contributed by atoms with Crippen molar-refractivity contribution in [3.63, 3.8) is 0 Å². The van der Waals surface area contributed by atoms with E-state index in [2.05, 4.69) is 4.40 Å². The number of rotatable bonds is 2. The van der Waals surface area contributed by atoms with Gasteiger partial charge in [0.25, 0.3) is 10.0 Å². The summed E-state index contributed by atoms with van der Waals surface area (Å²) in [6.45, 7) is 2.01. The number of sulfonamides is 1. The summed E-state index contributed by atoms with van der Waals surface area (Å²) in [6.07, 6.45) is 4.82. The Kier molecular flexibility index (Phi) is 3.99. The molecule has 0 amide bonds. The zero-order valence-corrected chi connectivity index (χ0v) is 13.8. The Hall–Kier alpha value is -2.12. The predicted octanol–water partition coefficient (Wildman–Crippen LogP) is 2.05. The first-order valence-corrected chi connectivity index (χ1v) is 8.81. The van der Waals surface area contributed by atoms with Gasteiger partial charge in [0.05, 0.1) is 5.75 Å². The smallest absolute Gasteiger partial charge is 0.347 e. The molecule has 8 heteroatoms. The Morgan fingerprint density at radius 2 is 2.17 bits per heavy atom. The van der Waals surface area contributed by atoms with Crippen molar-refractivity contribution in [2.45, 2.75) is 6.92 Å². The number of esters is 1. The van der Waals surface area contributed by atoms with Crippen LogP contribution in [-0.2, 0) is 14.8 Å². The van der Waals surface area contributed by atoms with Crippen LogP contribution in [0.2, 0.25) is 5.02 Å². The molecule has 0 unspecified atom stereocenters. The second-order valence-electron chi connectivity index (χ2n) is 5.12. The maximum absolute atomic E-state index is 12.4. The van der Waals surface area contributed by atoms with Gasteiger partial charge in [-0.15, -0.1) is 4.40 Å². The zero-order chi connectivity index (χ0) is 16.6. The summed E-state index contributed by atoms with van der Waals surface area (Å²) in [5.74, 6) is -0.295. The highest BCUT2D eigenvalue weighted by atomic mass is 35.5. The largest absolute Gasteiger partial charge is 0.423 e. The van der Waals surface area contributed by atoms with E-state index >= 15 is 0 Å². The van der Waals surface area contributed by atoms with E-state index in [0.29, 0.717) is 16.3 Å². The number of ether oxygens (including phenoxy) is 1. The average Bonchev–Trinajstić information content (AvgIpc) is 2.48. The minimum atomic E-state index is -3.56. The van der Waals surface area contributed by atoms with Crippen LogP contribution in [0.25, 0.3) is 0 Å². The quantitative estimate of drug-likeness (QED) is 0.601. The van der Waals surface area contributed by atoms with Crippen LogP contribution in [0.1, 0.15) is 5.56 Å². The monoisotopic (exact) mass is 352 g/mol. The molecule has 0 aliphatic carbocycles. The first-order chi connectivity index (χ1) is 10.9. The van der Waals surface area contributed by atoms with Gasteiger partial charge < -0.3 is 9.64 Å². The molecule has 0 aromatic heterocycles. The summed E-state index contributed by atoms with van der Waals surface area (Å²) in [5, 5.41) is 0.538. The van der Waals surface area contributed by atoms with Crippen molar-refractivity contribution in [3.8, 4) is 5.75 Å². The number of hydrogen-bond donors (Lipinski definition) is 0. The first kappa shape index (κ1) is 15.8. The Morgan fingerprint density at radius 1 is 1.39 bits per heavy atom. The summed E-state index contributed by atoms with van der Waals surface area (Å²) >= 11 is 5.87. The topological polar surface area (TPSA) is 76.0 Å². The van der Waals surface area contributed by atoms with E-state index in [0.717, 1.165) is 0 Å². The van der Waals surface area contributed by atoms with Crippen LogP contribution in [0.5, 0.6) is 5.75 Å². The zero-order valence-electron chi connectivity index (χ0n) is 12.2. The molecule has 1 aromatic rings. The molecule has 23 heavy (non-hydrogen) atoms. The molecule has 0 radical (unpaired) electrons. The number of aryl methyl sites for hydroxylation is 1. The van der Waals surface area contributed by atoms with Crippen LogP contribution in [0.3, 0.4) is 0 Å². The molecule has 0 saturated heterocycles. The van der Waals surface area contributed by atoms with Gasteiger partial charge in [-0.2, -0.15) is 0 Å². The van der Waals surface area contributed by atoms with Gasteiger partial charge in [0.1, 0.15) is 11.3 Å². The average molecular weight is 353 g/mol. The number of fused-ring (bicyclic) bond motifs is 1. The highest BCUT2D eigenvalue weighted by Gasteiger charge is 2.31. The third-order valence-corrected chi connectivity index (χ3v) is 4.80. The minimum absolute atomic E-state index is 0.0839. The summed E-state index contributed by atoms with van der Waals surface area (Å²) in [7, 11) is -3.56. The molecule has 3 rings (SSSR count). The predicted molar refractivity (Wildman–Crippen MR) is 87.0 cm³/mol. The van der Waals surface area contributed by atoms with Gasteiger partial charge in [0.15, 0.2) is 5.84 Å². The van der Waals surface area contributed by atoms with Crippen molar-refractivity contribution in [1.29, 1.82) is 0 Å². The highest BCUT2D eigenvalue weighted by molar-refractivity contribution is 7.90. The maximum atomic E-state index is 12.4. The van der Waals surface area contributed by atoms with Crippen molar-refractivity contribution < 1.29 is 17.9 Å². The summed E-state index contributed by atoms with van der Waals surface area (Å²) in [6, 6.07) is 4.88. The van der Waals surface area contributed by atoms with Crippen molar-refractivity contribution >= 4 is 33.4 Å². The van der Waals surface area contributed by atoms with Gasteiger partial charge in [-0.1, -0.05) is 11.6 Å². The molecule has 2 aliphatic rings. The van der Waals surface area contributed by atoms with Gasteiger partial charge in [0.2, 0.25) is 0 Å². The van der Waals surface area contributed by atoms with Crippen LogP contribution in [0, 0.1) is 6.92 Å². The summed E-state index contributed by atoms with van der Waals surface area (Å²) in [4.78, 5) is 14.0. The number of allylic oxidation sites excluding steroid dienone is 2. The van der Waals surface area contributed by atoms with E-state index in [1.807, 2.05) is 0 Å². The number of carbonyl (C=O) groups excluding carboxylic acids is 1. The van der Waals surface area contributed by atoms with Crippen molar-refractivity contribution in [2.75, 3.05) is 12.3 Å². The van der Waals surface area contributed by atoms with Crippen molar-refractivity contribution in [1.82, 2.24) is 4.90 Å². The lowest BCUT2D eigenvalue weighted by molar-refractivity contribution is -0.129. The lowest BCUT2D eigenvalue weighted by atomic mass is 10.1. The lowest BCUT2D eigenvalue weighted by Crippen LogP contribution is -2.40. The van der Waals surface area contributed by atoms with Crippen LogP contribution >= 0.6 is 11.6 Å². The minimum Gasteiger partial charge on any atom is -0.423 e. The van der Waals surface area contributed by atoms with Gasteiger partial charge >= 0.3 is 5.97 Å². The lowest BCUT2D eigenvalue weighted by Gasteiger charge is -2.28. The molecule has 6 nitrogen and oxygen atoms in total. The van der Waals surface area contributed by atoms with E-state index in [4.69, 9.17) is 16.3 Å². The van der Waals surface area contributed by atoms with E-state index in [-0.39, 0.29) is 23.7 Å². The van der Waals surface area contributed by atoms with Crippen LogP contribution < -0.4 is 4.74 Å². The molecule has 0 saturated carbocycles. The highest BCUT2D eigenvalue weighted by Crippen LogP contribution is 2.24. The summed E-state index contributed by atoms with van der Waals surface area (Å²) < 4.78 is 32.4. The van der Waals surface area contributed by atoms with E-state index in [9.17, 15) is 13.2 Å². The Morgan fingerprint density at radius 3 is 2.91 bits per heavy atom. The van der Waals surface area contributed by atoms with Gasteiger partial charge in [-0.05, 0) is 42.8 Å². The molecule has 0 atom stereocenters. The molecule has 2 aliphatic heterocycles. The normalized spacial score (nSPS) is 18.8. The van der Waals surface area contributed by atoms with E-state index in [1.165, 1.54) is 6.08 Å². The summed E-state index contributed by atoms with van der Waals surface area (Å²) in [5.41, 5.74) is 0.804. The molecule has 120 valence electrons. The number of hydrogen-bond acceptors (Lipinski definition) is 5. The standard InChI is InChI=1S/C15H13ClN2O4S/c1-10-9-11(16)4-5-13(10)22-15(19)12-3-2-6-18-7-8-23(20,21)17-14(12)18/h2-6,9H,7-8H2,1H3. The maximum Gasteiger partial charge on any atom is 0.347 e. The van der Waals surface area contributed by atoms with E-state index < -0.39 is 16.0 Å². The molecule has 0 fully saturated rings. The van der Waals surface area contributed by atoms with Gasteiger partial charge in [0, 0.05) is 17.8 Å². The molecular weight excluding hydrogens is 340 g/mol. The van der Waals surface area contributed by atoms with Crippen LogP contribution in [-0.4, -0.2) is 37.4 Å². The Bertz CT molecular complexity index is 871. The van der Waals surface area contributed by atoms with Gasteiger partial charge in [-0.25, -0.2) is 13.2 Å². The van der Waals surface area contributed by atoms with Gasteiger partial charge in [-0.3, -0.25) is 0 Å². The molecule has 0 spiro atoms. The number of carbonyl (C=O) groups is 1. The Labute approximate surface area is 138 Å². The fourth-order valence-corrected chi connectivity index (χ4v) is 3.47. The number of benzene rings is 1. The molecule has 0 N–H and O–H groups in total. The Balaban J connectivity index is 1.91. The molecular formula is C15H13ClN2O4S. The molecule has 1 aromatic carbocycles. The SMILES string of the molecule is Cc1cc(Cl)ccc1OC(=O)C1=CC=CN2CCS(=O)(=O)N=C12. The third kappa shape index (κ3) is 3.30. The molecule has 2 heterocycles. The van der Waals surface area contributed by atoms with Crippen molar-refractivity contribution in [3.05, 3.63) is 52.7 Å². The fraction of sp³-hybridized carbons (Fsp3) is 0.200. The fourth-order valence-electron chi connectivity index (χ4n) is 2.26. The number of halogens is 1. The first-order valence-electron chi connectivity index (χ1n) is 6.82. The van der Waals surface area contributed by atoms with Crippen LogP contribution in [0.4, 0.5) is 0 Å². The van der Waals surface area contributed by atoms with Crippen LogP contribution in [0.15, 0.2) is 46.5 Å². The molecule has 0 bridgehead atoms. The second kappa shape index (κ2) is 5.82.